The highest BCUT2D eigenvalue weighted by Crippen LogP contribution is 2.18. The van der Waals surface area contributed by atoms with Crippen molar-refractivity contribution in [3.8, 4) is 11.4 Å². The van der Waals surface area contributed by atoms with Crippen LogP contribution in [0.3, 0.4) is 0 Å². The molecule has 1 N–H and O–H groups in total. The van der Waals surface area contributed by atoms with Crippen LogP contribution in [-0.4, -0.2) is 58.6 Å². The second kappa shape index (κ2) is 6.68. The van der Waals surface area contributed by atoms with E-state index in [1.54, 1.807) is 11.1 Å². The van der Waals surface area contributed by atoms with Crippen molar-refractivity contribution in [2.45, 2.75) is 12.6 Å². The fourth-order valence-corrected chi connectivity index (χ4v) is 3.36. The lowest BCUT2D eigenvalue weighted by Gasteiger charge is -2.28. The normalized spacial score (nSPS) is 23.0. The summed E-state index contributed by atoms with van der Waals surface area (Å²) in [7, 11) is 0. The van der Waals surface area contributed by atoms with Crippen molar-refractivity contribution < 1.29 is 14.3 Å². The van der Waals surface area contributed by atoms with E-state index in [4.69, 9.17) is 4.74 Å². The van der Waals surface area contributed by atoms with Crippen molar-refractivity contribution in [2.75, 3.05) is 26.3 Å². The van der Waals surface area contributed by atoms with Gasteiger partial charge in [-0.25, -0.2) is 4.98 Å². The molecule has 0 unspecified atom stereocenters. The average Bonchev–Trinajstić information content (AvgIpc) is 2.90. The van der Waals surface area contributed by atoms with E-state index < -0.39 is 0 Å². The highest BCUT2D eigenvalue weighted by molar-refractivity contribution is 5.82. The third kappa shape index (κ3) is 3.28. The van der Waals surface area contributed by atoms with Crippen molar-refractivity contribution >= 4 is 11.8 Å². The molecular formula is C18H20N4O3. The number of fused-ring (bicyclic) bond motifs is 3. The summed E-state index contributed by atoms with van der Waals surface area (Å²) >= 11 is 0. The summed E-state index contributed by atoms with van der Waals surface area (Å²) in [5.41, 5.74) is 0.971. The smallest absolute Gasteiger partial charge is 0.242 e. The number of carbonyl (C=O) groups is 2. The SMILES string of the molecule is O=C1N[C@@H]2COC[C@H]1CN(C(=O)Cn1ccnc1-c1ccccc1)C2. The zero-order valence-electron chi connectivity index (χ0n) is 13.8. The Kier molecular flexibility index (Phi) is 4.23. The standard InChI is InChI=1S/C18H20N4O3/c23-16(22-8-14-11-25-12-15(9-22)20-18(14)24)10-21-7-6-19-17(21)13-4-2-1-3-5-13/h1-7,14-15H,8-12H2,(H,20,24)/t14-,15+/m1/s1. The Balaban J connectivity index is 1.51. The molecule has 25 heavy (non-hydrogen) atoms. The number of aromatic nitrogens is 2. The van der Waals surface area contributed by atoms with E-state index in [-0.39, 0.29) is 30.3 Å². The maximum atomic E-state index is 12.8. The Bertz CT molecular complexity index is 774. The van der Waals surface area contributed by atoms with Crippen molar-refractivity contribution in [3.05, 3.63) is 42.7 Å². The first-order valence-corrected chi connectivity index (χ1v) is 8.43. The first kappa shape index (κ1) is 15.8. The maximum absolute atomic E-state index is 12.8. The van der Waals surface area contributed by atoms with Crippen LogP contribution in [0.4, 0.5) is 0 Å². The molecule has 2 atom stereocenters. The Labute approximate surface area is 145 Å². The molecule has 7 nitrogen and oxygen atoms in total. The second-order valence-corrected chi connectivity index (χ2v) is 6.48. The minimum atomic E-state index is -0.298. The predicted molar refractivity (Wildman–Crippen MR) is 90.5 cm³/mol. The molecule has 0 saturated carbocycles. The Morgan fingerprint density at radius 1 is 1.24 bits per heavy atom. The third-order valence-electron chi connectivity index (χ3n) is 4.64. The lowest BCUT2D eigenvalue weighted by atomic mass is 10.1. The Morgan fingerprint density at radius 3 is 2.92 bits per heavy atom. The Hall–Kier alpha value is -2.67. The van der Waals surface area contributed by atoms with E-state index in [2.05, 4.69) is 10.3 Å². The van der Waals surface area contributed by atoms with Crippen LogP contribution in [0.1, 0.15) is 0 Å². The van der Waals surface area contributed by atoms with Crippen molar-refractivity contribution in [3.63, 3.8) is 0 Å². The number of imidazole rings is 1. The van der Waals surface area contributed by atoms with Gasteiger partial charge in [0.2, 0.25) is 11.8 Å². The minimum absolute atomic E-state index is 0.0106. The van der Waals surface area contributed by atoms with E-state index in [9.17, 15) is 9.59 Å². The number of rotatable bonds is 3. The summed E-state index contributed by atoms with van der Waals surface area (Å²) in [6.07, 6.45) is 3.51. The van der Waals surface area contributed by atoms with Gasteiger partial charge in [0, 0.05) is 31.0 Å². The van der Waals surface area contributed by atoms with Crippen molar-refractivity contribution in [1.82, 2.24) is 19.8 Å². The molecule has 2 aliphatic heterocycles. The number of amides is 2. The van der Waals surface area contributed by atoms with Gasteiger partial charge in [-0.2, -0.15) is 0 Å². The van der Waals surface area contributed by atoms with Gasteiger partial charge in [0.1, 0.15) is 12.4 Å². The highest BCUT2D eigenvalue weighted by Gasteiger charge is 2.35. The molecule has 0 radical (unpaired) electrons. The van der Waals surface area contributed by atoms with E-state index in [1.165, 1.54) is 0 Å². The molecule has 1 aromatic heterocycles. The fraction of sp³-hybridized carbons (Fsp3) is 0.389. The number of benzene rings is 1. The van der Waals surface area contributed by atoms with Crippen LogP contribution in [0.2, 0.25) is 0 Å². The number of nitrogens with one attached hydrogen (secondary N) is 1. The number of hydrogen-bond donors (Lipinski definition) is 1. The van der Waals surface area contributed by atoms with E-state index in [0.717, 1.165) is 11.4 Å². The van der Waals surface area contributed by atoms with E-state index in [1.807, 2.05) is 41.1 Å². The van der Waals surface area contributed by atoms with Gasteiger partial charge in [-0.15, -0.1) is 0 Å². The van der Waals surface area contributed by atoms with Crippen LogP contribution < -0.4 is 5.32 Å². The molecule has 1 aromatic carbocycles. The quantitative estimate of drug-likeness (QED) is 0.884. The molecule has 2 aliphatic rings. The topological polar surface area (TPSA) is 76.5 Å². The largest absolute Gasteiger partial charge is 0.378 e. The van der Waals surface area contributed by atoms with E-state index in [0.29, 0.717) is 26.3 Å². The van der Waals surface area contributed by atoms with Gasteiger partial charge < -0.3 is 19.5 Å². The van der Waals surface area contributed by atoms with Gasteiger partial charge in [-0.05, 0) is 0 Å². The fourth-order valence-electron chi connectivity index (χ4n) is 3.36. The van der Waals surface area contributed by atoms with E-state index >= 15 is 0 Å². The van der Waals surface area contributed by atoms with Crippen molar-refractivity contribution in [2.24, 2.45) is 5.92 Å². The van der Waals surface area contributed by atoms with Gasteiger partial charge in [0.15, 0.2) is 0 Å². The molecular weight excluding hydrogens is 320 g/mol. The van der Waals surface area contributed by atoms with Gasteiger partial charge in [0.05, 0.1) is 25.2 Å². The third-order valence-corrected chi connectivity index (χ3v) is 4.64. The lowest BCUT2D eigenvalue weighted by molar-refractivity contribution is -0.134. The van der Waals surface area contributed by atoms with Crippen LogP contribution in [0.15, 0.2) is 42.7 Å². The summed E-state index contributed by atoms with van der Waals surface area (Å²) in [6, 6.07) is 9.65. The summed E-state index contributed by atoms with van der Waals surface area (Å²) in [6.45, 7) is 1.91. The summed E-state index contributed by atoms with van der Waals surface area (Å²) in [4.78, 5) is 31.1. The summed E-state index contributed by atoms with van der Waals surface area (Å²) < 4.78 is 7.36. The number of ether oxygens (including phenoxy) is 1. The molecule has 4 rings (SSSR count). The predicted octanol–water partition coefficient (Wildman–Crippen LogP) is 0.524. The van der Waals surface area contributed by atoms with Gasteiger partial charge in [0.25, 0.3) is 0 Å². The second-order valence-electron chi connectivity index (χ2n) is 6.48. The van der Waals surface area contributed by atoms with Crippen LogP contribution in [0, 0.1) is 5.92 Å². The summed E-state index contributed by atoms with van der Waals surface area (Å²) in [5.74, 6) is 0.434. The van der Waals surface area contributed by atoms with Crippen LogP contribution in [-0.2, 0) is 20.9 Å². The monoisotopic (exact) mass is 340 g/mol. The Morgan fingerprint density at radius 2 is 2.08 bits per heavy atom. The molecule has 2 fully saturated rings. The van der Waals surface area contributed by atoms with Crippen molar-refractivity contribution in [1.29, 1.82) is 0 Å². The molecule has 2 amide bonds. The molecule has 7 heteroatoms. The maximum Gasteiger partial charge on any atom is 0.242 e. The average molecular weight is 340 g/mol. The molecule has 2 bridgehead atoms. The molecule has 130 valence electrons. The van der Waals surface area contributed by atoms with Crippen LogP contribution >= 0.6 is 0 Å². The first-order chi connectivity index (χ1) is 12.2. The lowest BCUT2D eigenvalue weighted by Crippen LogP contribution is -2.45. The molecule has 3 heterocycles. The molecule has 0 spiro atoms. The number of nitrogens with zero attached hydrogens (tertiary/aromatic N) is 3. The number of hydrogen-bond acceptors (Lipinski definition) is 4. The van der Waals surface area contributed by atoms with Crippen LogP contribution in [0.5, 0.6) is 0 Å². The van der Waals surface area contributed by atoms with Crippen LogP contribution in [0.25, 0.3) is 11.4 Å². The van der Waals surface area contributed by atoms with Gasteiger partial charge in [-0.3, -0.25) is 9.59 Å². The zero-order valence-corrected chi connectivity index (χ0v) is 13.8. The molecule has 2 saturated heterocycles. The van der Waals surface area contributed by atoms with Gasteiger partial charge in [-0.1, -0.05) is 30.3 Å². The minimum Gasteiger partial charge on any atom is -0.378 e. The first-order valence-electron chi connectivity index (χ1n) is 8.43. The number of carbonyl (C=O) groups excluding carboxylic acids is 2. The summed E-state index contributed by atoms with van der Waals surface area (Å²) in [5, 5.41) is 2.94. The molecule has 2 aromatic rings. The highest BCUT2D eigenvalue weighted by atomic mass is 16.5. The zero-order chi connectivity index (χ0) is 17.2. The molecule has 0 aliphatic carbocycles. The van der Waals surface area contributed by atoms with Gasteiger partial charge >= 0.3 is 0 Å².